The Kier molecular flexibility index (Phi) is 4.49. The third kappa shape index (κ3) is 3.27. The van der Waals surface area contributed by atoms with Gasteiger partial charge in [0.25, 0.3) is 0 Å². The molecule has 3 aliphatic carbocycles. The predicted molar refractivity (Wildman–Crippen MR) is 78.4 cm³/mol. The van der Waals surface area contributed by atoms with Gasteiger partial charge in [0.15, 0.2) is 0 Å². The lowest BCUT2D eigenvalue weighted by Gasteiger charge is -2.42. The Bertz CT molecular complexity index is 339. The maximum Gasteiger partial charge on any atom is 0.317 e. The quantitative estimate of drug-likeness (QED) is 0.816. The zero-order valence-electron chi connectivity index (χ0n) is 12.4. The summed E-state index contributed by atoms with van der Waals surface area (Å²) >= 11 is 0. The van der Waals surface area contributed by atoms with Gasteiger partial charge in [-0.15, -0.1) is 0 Å². The van der Waals surface area contributed by atoms with Gasteiger partial charge in [0.2, 0.25) is 0 Å². The van der Waals surface area contributed by atoms with Gasteiger partial charge >= 0.3 is 6.03 Å². The molecule has 20 heavy (non-hydrogen) atoms. The van der Waals surface area contributed by atoms with Crippen molar-refractivity contribution in [3.63, 3.8) is 0 Å². The van der Waals surface area contributed by atoms with Crippen molar-refractivity contribution in [2.75, 3.05) is 19.6 Å². The van der Waals surface area contributed by atoms with E-state index in [0.29, 0.717) is 12.5 Å². The number of aliphatic hydroxyl groups is 1. The van der Waals surface area contributed by atoms with Gasteiger partial charge in [0.1, 0.15) is 0 Å². The Morgan fingerprint density at radius 3 is 2.60 bits per heavy atom. The Balaban J connectivity index is 1.44. The summed E-state index contributed by atoms with van der Waals surface area (Å²) in [6, 6.07) is 0.0838. The summed E-state index contributed by atoms with van der Waals surface area (Å²) in [5.41, 5.74) is 0. The molecule has 2 unspecified atom stereocenters. The summed E-state index contributed by atoms with van der Waals surface area (Å²) in [7, 11) is 0. The molecule has 2 amide bonds. The fourth-order valence-electron chi connectivity index (χ4n) is 4.38. The predicted octanol–water partition coefficient (Wildman–Crippen LogP) is 2.37. The lowest BCUT2D eigenvalue weighted by atomic mass is 9.65. The Morgan fingerprint density at radius 2 is 1.90 bits per heavy atom. The van der Waals surface area contributed by atoms with E-state index in [-0.39, 0.29) is 12.1 Å². The number of hydrogen-bond acceptors (Lipinski definition) is 2. The Hall–Kier alpha value is -0.770. The number of amides is 2. The molecule has 2 bridgehead atoms. The number of nitrogens with zero attached hydrogens (tertiary/aromatic N) is 1. The van der Waals surface area contributed by atoms with Crippen LogP contribution in [-0.2, 0) is 0 Å². The summed E-state index contributed by atoms with van der Waals surface area (Å²) < 4.78 is 0. The number of aliphatic hydroxyl groups excluding tert-OH is 1. The zero-order chi connectivity index (χ0) is 13.9. The van der Waals surface area contributed by atoms with Gasteiger partial charge in [-0.1, -0.05) is 12.8 Å². The molecule has 4 aliphatic rings. The van der Waals surface area contributed by atoms with Crippen LogP contribution in [0.1, 0.15) is 51.4 Å². The number of rotatable bonds is 2. The second kappa shape index (κ2) is 6.33. The van der Waals surface area contributed by atoms with E-state index in [1.54, 1.807) is 0 Å². The molecule has 2 N–H and O–H groups in total. The molecule has 1 heterocycles. The molecular weight excluding hydrogens is 252 g/mol. The van der Waals surface area contributed by atoms with E-state index in [2.05, 4.69) is 5.32 Å². The van der Waals surface area contributed by atoms with Crippen molar-refractivity contribution >= 4 is 6.03 Å². The number of carbonyl (C=O) groups is 1. The lowest BCUT2D eigenvalue weighted by molar-refractivity contribution is 0.0975. The second-order valence-corrected chi connectivity index (χ2v) is 7.03. The van der Waals surface area contributed by atoms with Crippen molar-refractivity contribution in [1.29, 1.82) is 0 Å². The van der Waals surface area contributed by atoms with Crippen LogP contribution in [0.2, 0.25) is 0 Å². The Morgan fingerprint density at radius 1 is 1.10 bits per heavy atom. The molecule has 4 fully saturated rings. The van der Waals surface area contributed by atoms with Crippen LogP contribution in [0.5, 0.6) is 0 Å². The van der Waals surface area contributed by atoms with E-state index in [1.807, 2.05) is 4.90 Å². The van der Waals surface area contributed by atoms with E-state index in [1.165, 1.54) is 32.1 Å². The Labute approximate surface area is 121 Å². The van der Waals surface area contributed by atoms with Crippen LogP contribution in [0.15, 0.2) is 0 Å². The summed E-state index contributed by atoms with van der Waals surface area (Å²) in [5, 5.41) is 12.8. The molecule has 2 atom stereocenters. The number of fused-ring (bicyclic) bond motifs is 3. The van der Waals surface area contributed by atoms with Crippen molar-refractivity contribution < 1.29 is 9.90 Å². The molecule has 0 aromatic rings. The number of nitrogens with one attached hydrogen (secondary N) is 1. The molecule has 114 valence electrons. The first-order chi connectivity index (χ1) is 9.72. The van der Waals surface area contributed by atoms with Crippen LogP contribution < -0.4 is 5.32 Å². The minimum atomic E-state index is -0.220. The molecule has 0 radical (unpaired) electrons. The maximum atomic E-state index is 12.2. The maximum absolute atomic E-state index is 12.2. The van der Waals surface area contributed by atoms with Crippen LogP contribution in [0.3, 0.4) is 0 Å². The van der Waals surface area contributed by atoms with Gasteiger partial charge in [-0.3, -0.25) is 0 Å². The van der Waals surface area contributed by atoms with Gasteiger partial charge < -0.3 is 15.3 Å². The summed E-state index contributed by atoms with van der Waals surface area (Å²) in [5.74, 6) is 2.49. The molecule has 4 rings (SSSR count). The van der Waals surface area contributed by atoms with Gasteiger partial charge in [0.05, 0.1) is 6.10 Å². The number of carbonyl (C=O) groups excluding carboxylic acids is 1. The fourth-order valence-corrected chi connectivity index (χ4v) is 4.38. The summed E-state index contributed by atoms with van der Waals surface area (Å²) in [6.45, 7) is 2.35. The normalized spacial score (nSPS) is 37.5. The molecule has 4 heteroatoms. The second-order valence-electron chi connectivity index (χ2n) is 7.03. The molecular formula is C16H28N2O2. The zero-order valence-corrected chi connectivity index (χ0v) is 12.4. The average Bonchev–Trinajstić information content (AvgIpc) is 2.71. The van der Waals surface area contributed by atoms with Gasteiger partial charge in [-0.2, -0.15) is 0 Å². The molecule has 3 saturated carbocycles. The average molecular weight is 280 g/mol. The SMILES string of the molecule is O=C(NCC1CC2CCC1CC2)N1CCCC(O)CC1. The van der Waals surface area contributed by atoms with Crippen molar-refractivity contribution in [2.45, 2.75) is 57.5 Å². The standard InChI is InChI=1S/C16H28N2O2/c19-15-2-1-8-18(9-7-15)16(20)17-11-14-10-12-3-5-13(14)6-4-12/h12-15,19H,1-11H2,(H,17,20). The van der Waals surface area contributed by atoms with Crippen molar-refractivity contribution in [2.24, 2.45) is 17.8 Å². The lowest BCUT2D eigenvalue weighted by Crippen LogP contribution is -2.45. The smallest absolute Gasteiger partial charge is 0.317 e. The number of hydrogen-bond donors (Lipinski definition) is 2. The van der Waals surface area contributed by atoms with E-state index in [0.717, 1.165) is 44.2 Å². The van der Waals surface area contributed by atoms with E-state index >= 15 is 0 Å². The van der Waals surface area contributed by atoms with Crippen LogP contribution in [0.25, 0.3) is 0 Å². The van der Waals surface area contributed by atoms with Crippen molar-refractivity contribution in [3.8, 4) is 0 Å². The van der Waals surface area contributed by atoms with E-state index in [4.69, 9.17) is 0 Å². The molecule has 4 nitrogen and oxygen atoms in total. The summed E-state index contributed by atoms with van der Waals surface area (Å²) in [4.78, 5) is 14.1. The monoisotopic (exact) mass is 280 g/mol. The third-order valence-corrected chi connectivity index (χ3v) is 5.69. The molecule has 0 aromatic heterocycles. The first kappa shape index (κ1) is 14.2. The molecule has 1 aliphatic heterocycles. The van der Waals surface area contributed by atoms with E-state index < -0.39 is 0 Å². The first-order valence-electron chi connectivity index (χ1n) is 8.43. The van der Waals surface area contributed by atoms with Crippen LogP contribution in [0.4, 0.5) is 4.79 Å². The van der Waals surface area contributed by atoms with E-state index in [9.17, 15) is 9.90 Å². The van der Waals surface area contributed by atoms with Gasteiger partial charge in [-0.25, -0.2) is 4.79 Å². The minimum absolute atomic E-state index is 0.0838. The highest BCUT2D eigenvalue weighted by molar-refractivity contribution is 5.74. The van der Waals surface area contributed by atoms with Gasteiger partial charge in [0, 0.05) is 19.6 Å². The van der Waals surface area contributed by atoms with Crippen LogP contribution in [0, 0.1) is 17.8 Å². The largest absolute Gasteiger partial charge is 0.393 e. The van der Waals surface area contributed by atoms with Crippen molar-refractivity contribution in [3.05, 3.63) is 0 Å². The molecule has 1 saturated heterocycles. The first-order valence-corrected chi connectivity index (χ1v) is 8.43. The molecule has 0 spiro atoms. The highest BCUT2D eigenvalue weighted by Gasteiger charge is 2.35. The van der Waals surface area contributed by atoms with Crippen molar-refractivity contribution in [1.82, 2.24) is 10.2 Å². The van der Waals surface area contributed by atoms with Crippen LogP contribution >= 0.6 is 0 Å². The fraction of sp³-hybridized carbons (Fsp3) is 0.938. The van der Waals surface area contributed by atoms with Gasteiger partial charge in [-0.05, 0) is 56.3 Å². The highest BCUT2D eigenvalue weighted by atomic mass is 16.3. The summed E-state index contributed by atoms with van der Waals surface area (Å²) in [6.07, 6.45) is 9.16. The highest BCUT2D eigenvalue weighted by Crippen LogP contribution is 2.44. The number of likely N-dealkylation sites (tertiary alicyclic amines) is 1. The molecule has 0 aromatic carbocycles. The topological polar surface area (TPSA) is 52.6 Å². The minimum Gasteiger partial charge on any atom is -0.393 e. The van der Waals surface area contributed by atoms with Crippen LogP contribution in [-0.4, -0.2) is 41.8 Å². The number of urea groups is 1. The third-order valence-electron chi connectivity index (χ3n) is 5.69.